The Kier molecular flexibility index (Phi) is 7.14. The van der Waals surface area contributed by atoms with Crippen LogP contribution in [0.25, 0.3) is 0 Å². The molecule has 0 radical (unpaired) electrons. The van der Waals surface area contributed by atoms with Gasteiger partial charge in [0.1, 0.15) is 10.7 Å². The van der Waals surface area contributed by atoms with Crippen LogP contribution in [0, 0.1) is 0 Å². The predicted molar refractivity (Wildman–Crippen MR) is 118 cm³/mol. The van der Waals surface area contributed by atoms with E-state index in [0.717, 1.165) is 4.90 Å². The van der Waals surface area contributed by atoms with Gasteiger partial charge in [-0.05, 0) is 43.2 Å². The van der Waals surface area contributed by atoms with E-state index in [1.54, 1.807) is 37.3 Å². The lowest BCUT2D eigenvalue weighted by Gasteiger charge is -2.27. The van der Waals surface area contributed by atoms with Gasteiger partial charge in [-0.2, -0.15) is 0 Å². The molecule has 1 atom stereocenters. The van der Waals surface area contributed by atoms with Crippen molar-refractivity contribution in [2.24, 2.45) is 0 Å². The summed E-state index contributed by atoms with van der Waals surface area (Å²) in [5.74, 6) is -0.874. The molecule has 2 aromatic carbocycles. The van der Waals surface area contributed by atoms with Crippen LogP contribution in [0.1, 0.15) is 52.6 Å². The zero-order valence-electron chi connectivity index (χ0n) is 17.9. The van der Waals surface area contributed by atoms with Crippen molar-refractivity contribution in [3.8, 4) is 11.5 Å². The molecule has 0 spiro atoms. The number of hydrogen-bond donors (Lipinski definition) is 2. The van der Waals surface area contributed by atoms with Crippen molar-refractivity contribution in [1.29, 1.82) is 0 Å². The zero-order valence-corrected chi connectivity index (χ0v) is 18.8. The first kappa shape index (κ1) is 23.3. The highest BCUT2D eigenvalue weighted by molar-refractivity contribution is 7.72. The van der Waals surface area contributed by atoms with Crippen molar-refractivity contribution in [2.75, 3.05) is 24.8 Å². The van der Waals surface area contributed by atoms with Crippen molar-refractivity contribution in [3.63, 3.8) is 0 Å². The monoisotopic (exact) mass is 460 g/mol. The second-order valence-electron chi connectivity index (χ2n) is 7.09. The molecule has 1 aliphatic rings. The van der Waals surface area contributed by atoms with Crippen LogP contribution in [0.5, 0.6) is 11.5 Å². The average Bonchev–Trinajstić information content (AvgIpc) is 3.00. The Balaban J connectivity index is 2.08. The maximum absolute atomic E-state index is 13.3. The third-order valence-electron chi connectivity index (χ3n) is 5.03. The lowest BCUT2D eigenvalue weighted by molar-refractivity contribution is -0.114. The van der Waals surface area contributed by atoms with E-state index in [1.165, 1.54) is 20.1 Å². The number of fused-ring (bicyclic) bond motifs is 1. The van der Waals surface area contributed by atoms with Gasteiger partial charge in [0.15, 0.2) is 11.5 Å². The van der Waals surface area contributed by atoms with Gasteiger partial charge in [-0.25, -0.2) is 8.42 Å². The summed E-state index contributed by atoms with van der Waals surface area (Å²) in [6.07, 6.45) is 0.0114. The van der Waals surface area contributed by atoms with Gasteiger partial charge in [0.05, 0.1) is 36.6 Å². The smallest absolute Gasteiger partial charge is 0.264 e. The molecular weight excluding hydrogens is 436 g/mol. The van der Waals surface area contributed by atoms with Crippen molar-refractivity contribution in [1.82, 2.24) is 4.90 Å². The highest BCUT2D eigenvalue weighted by Crippen LogP contribution is 2.39. The lowest BCUT2D eigenvalue weighted by atomic mass is 10.0. The minimum atomic E-state index is -2.73. The number of anilines is 1. The molecule has 0 aliphatic carbocycles. The normalized spacial score (nSPS) is 13.8. The number of carbonyl (C=O) groups excluding carboxylic acids is 3. The van der Waals surface area contributed by atoms with E-state index in [-0.39, 0.29) is 34.9 Å². The molecular formula is C22H24N2O7S. The van der Waals surface area contributed by atoms with Crippen LogP contribution in [0.3, 0.4) is 0 Å². The molecule has 9 nitrogen and oxygen atoms in total. The molecule has 3 rings (SSSR count). The number of thiol groups is 1. The number of ether oxygens (including phenoxy) is 2. The molecule has 0 unspecified atom stereocenters. The first-order valence-electron chi connectivity index (χ1n) is 9.99. The zero-order chi connectivity index (χ0) is 23.4. The molecule has 0 fully saturated rings. The SMILES string of the molecule is CCOc1cc([C@H](CC[SH](=O)=O)N2C(=O)c3cccc(NC(C)=O)c3C2=O)ccc1OC. The molecule has 32 heavy (non-hydrogen) atoms. The maximum atomic E-state index is 13.3. The second-order valence-corrected chi connectivity index (χ2v) is 8.21. The van der Waals surface area contributed by atoms with Gasteiger partial charge < -0.3 is 14.8 Å². The molecule has 0 aromatic heterocycles. The summed E-state index contributed by atoms with van der Waals surface area (Å²) in [5, 5.41) is 2.57. The van der Waals surface area contributed by atoms with Gasteiger partial charge in [-0.1, -0.05) is 12.1 Å². The van der Waals surface area contributed by atoms with Crippen LogP contribution in [-0.2, 0) is 15.5 Å². The van der Waals surface area contributed by atoms with E-state index in [4.69, 9.17) is 9.47 Å². The summed E-state index contributed by atoms with van der Waals surface area (Å²) in [6.45, 7) is 3.47. The number of amides is 3. The van der Waals surface area contributed by atoms with Crippen molar-refractivity contribution >= 4 is 34.1 Å². The standard InChI is InChI=1S/C22H24N2O7S/c1-4-31-19-12-14(8-9-18(19)30-3)17(10-11-32(28)29)24-21(26)15-6-5-7-16(23-13(2)25)20(15)22(24)27/h5-9,12,17,32H,4,10-11H2,1-3H3,(H,23,25)/t17-/m0/s1. The maximum Gasteiger partial charge on any atom is 0.264 e. The Morgan fingerprint density at radius 3 is 2.50 bits per heavy atom. The first-order chi connectivity index (χ1) is 15.3. The highest BCUT2D eigenvalue weighted by Gasteiger charge is 2.42. The van der Waals surface area contributed by atoms with Gasteiger partial charge in [0.25, 0.3) is 11.8 Å². The Hall–Kier alpha value is -3.40. The number of nitrogens with zero attached hydrogens (tertiary/aromatic N) is 1. The van der Waals surface area contributed by atoms with Crippen LogP contribution in [-0.4, -0.2) is 50.5 Å². The molecule has 0 bridgehead atoms. The Labute approximate surface area is 187 Å². The largest absolute Gasteiger partial charge is 0.493 e. The first-order valence-corrected chi connectivity index (χ1v) is 11.4. The Morgan fingerprint density at radius 1 is 1.12 bits per heavy atom. The van der Waals surface area contributed by atoms with E-state index in [9.17, 15) is 22.8 Å². The number of nitrogens with one attached hydrogen (secondary N) is 1. The second kappa shape index (κ2) is 9.82. The van der Waals surface area contributed by atoms with Crippen LogP contribution in [0.2, 0.25) is 0 Å². The van der Waals surface area contributed by atoms with Crippen molar-refractivity contribution in [2.45, 2.75) is 26.3 Å². The minimum absolute atomic E-state index is 0.0114. The number of benzene rings is 2. The summed E-state index contributed by atoms with van der Waals surface area (Å²) < 4.78 is 33.6. The summed E-state index contributed by atoms with van der Waals surface area (Å²) in [4.78, 5) is 39.2. The third-order valence-corrected chi connectivity index (χ3v) is 5.65. The third kappa shape index (κ3) is 4.59. The molecule has 1 N–H and O–H groups in total. The van der Waals surface area contributed by atoms with E-state index < -0.39 is 28.6 Å². The number of rotatable bonds is 9. The molecule has 2 aromatic rings. The Morgan fingerprint density at radius 2 is 1.88 bits per heavy atom. The molecule has 1 heterocycles. The fraction of sp³-hybridized carbons (Fsp3) is 0.318. The van der Waals surface area contributed by atoms with Gasteiger partial charge >= 0.3 is 0 Å². The fourth-order valence-electron chi connectivity index (χ4n) is 3.72. The number of methoxy groups -OCH3 is 1. The van der Waals surface area contributed by atoms with E-state index in [1.807, 2.05) is 0 Å². The average molecular weight is 461 g/mol. The van der Waals surface area contributed by atoms with Gasteiger partial charge in [-0.15, -0.1) is 0 Å². The van der Waals surface area contributed by atoms with Crippen LogP contribution >= 0.6 is 0 Å². The summed E-state index contributed by atoms with van der Waals surface area (Å²) >= 11 is 0. The number of carbonyl (C=O) groups is 3. The van der Waals surface area contributed by atoms with E-state index >= 15 is 0 Å². The molecule has 0 saturated heterocycles. The molecule has 3 amide bonds. The summed E-state index contributed by atoms with van der Waals surface area (Å²) in [5.41, 5.74) is 0.995. The van der Waals surface area contributed by atoms with E-state index in [0.29, 0.717) is 23.7 Å². The number of hydrogen-bond acceptors (Lipinski definition) is 7. The predicted octanol–water partition coefficient (Wildman–Crippen LogP) is 2.39. The fourth-order valence-corrected chi connectivity index (χ4v) is 4.18. The van der Waals surface area contributed by atoms with Crippen LogP contribution in [0.15, 0.2) is 36.4 Å². The summed E-state index contributed by atoms with van der Waals surface area (Å²) in [6, 6.07) is 8.72. The van der Waals surface area contributed by atoms with Gasteiger partial charge in [0, 0.05) is 12.7 Å². The molecule has 170 valence electrons. The van der Waals surface area contributed by atoms with Crippen molar-refractivity contribution < 1.29 is 32.3 Å². The van der Waals surface area contributed by atoms with Crippen LogP contribution in [0.4, 0.5) is 5.69 Å². The minimum Gasteiger partial charge on any atom is -0.493 e. The quantitative estimate of drug-likeness (QED) is 0.436. The topological polar surface area (TPSA) is 119 Å². The molecule has 10 heteroatoms. The Bertz CT molecular complexity index is 1140. The number of imide groups is 1. The van der Waals surface area contributed by atoms with Gasteiger partial charge in [-0.3, -0.25) is 19.3 Å². The van der Waals surface area contributed by atoms with E-state index in [2.05, 4.69) is 5.32 Å². The highest BCUT2D eigenvalue weighted by atomic mass is 32.2. The lowest BCUT2D eigenvalue weighted by Crippen LogP contribution is -2.35. The van der Waals surface area contributed by atoms with Gasteiger partial charge in [0.2, 0.25) is 5.91 Å². The van der Waals surface area contributed by atoms with Crippen LogP contribution < -0.4 is 14.8 Å². The molecule has 0 saturated carbocycles. The molecule has 1 aliphatic heterocycles. The van der Waals surface area contributed by atoms with Crippen molar-refractivity contribution in [3.05, 3.63) is 53.1 Å². The summed E-state index contributed by atoms with van der Waals surface area (Å²) in [7, 11) is -1.24.